The lowest BCUT2D eigenvalue weighted by Crippen LogP contribution is -2.45. The van der Waals surface area contributed by atoms with Gasteiger partial charge in [-0.3, -0.25) is 9.20 Å². The van der Waals surface area contributed by atoms with Crippen molar-refractivity contribution in [3.05, 3.63) is 53.6 Å². The average Bonchev–Trinajstić information content (AvgIpc) is 3.28. The van der Waals surface area contributed by atoms with Crippen LogP contribution in [0.15, 0.2) is 46.9 Å². The van der Waals surface area contributed by atoms with Gasteiger partial charge in [-0.1, -0.05) is 0 Å². The van der Waals surface area contributed by atoms with E-state index in [-0.39, 0.29) is 17.3 Å². The zero-order valence-corrected chi connectivity index (χ0v) is 16.5. The Hall–Kier alpha value is -2.30. The zero-order valence-electron chi connectivity index (χ0n) is 14.9. The Morgan fingerprint density at radius 2 is 2.11 bits per heavy atom. The van der Waals surface area contributed by atoms with Gasteiger partial charge < -0.3 is 5.32 Å². The maximum atomic E-state index is 13.1. The smallest absolute Gasteiger partial charge is 0.243 e. The molecule has 1 aromatic carbocycles. The molecule has 0 radical (unpaired) electrons. The minimum absolute atomic E-state index is 0.0352. The summed E-state index contributed by atoms with van der Waals surface area (Å²) in [6.07, 6.45) is 4.98. The fraction of sp³-hybridized carbons (Fsp3) is 0.333. The second kappa shape index (κ2) is 7.61. The summed E-state index contributed by atoms with van der Waals surface area (Å²) in [7, 11) is -3.75. The molecular formula is C18H19FN4O3S2. The molecule has 3 aromatic rings. The standard InChI is InChI=1S/C18H19FN4O3S2/c19-14-3-5-16(6-4-14)28(25,26)23-7-1-2-13(11-23)17(24)20-10-15-12-22-8-9-27-18(22)21-15/h3-6,8-9,12-13H,1-2,7,10-11H2,(H,20,24). The summed E-state index contributed by atoms with van der Waals surface area (Å²) in [5.41, 5.74) is 0.756. The second-order valence-corrected chi connectivity index (χ2v) is 9.51. The Balaban J connectivity index is 1.40. The first-order valence-electron chi connectivity index (χ1n) is 8.88. The van der Waals surface area contributed by atoms with E-state index >= 15 is 0 Å². The molecule has 1 aliphatic heterocycles. The summed E-state index contributed by atoms with van der Waals surface area (Å²) < 4.78 is 41.8. The summed E-state index contributed by atoms with van der Waals surface area (Å²) in [6.45, 7) is 0.763. The van der Waals surface area contributed by atoms with Gasteiger partial charge in [0.15, 0.2) is 4.96 Å². The highest BCUT2D eigenvalue weighted by atomic mass is 32.2. The van der Waals surface area contributed by atoms with Crippen LogP contribution in [0.4, 0.5) is 4.39 Å². The minimum Gasteiger partial charge on any atom is -0.350 e. The van der Waals surface area contributed by atoms with Gasteiger partial charge in [0.25, 0.3) is 0 Å². The van der Waals surface area contributed by atoms with Gasteiger partial charge in [0.2, 0.25) is 15.9 Å². The number of piperidine rings is 1. The summed E-state index contributed by atoms with van der Waals surface area (Å²) in [5.74, 6) is -1.10. The quantitative estimate of drug-likeness (QED) is 0.684. The number of halogens is 1. The first-order chi connectivity index (χ1) is 13.4. The van der Waals surface area contributed by atoms with Crippen molar-refractivity contribution in [2.45, 2.75) is 24.3 Å². The maximum Gasteiger partial charge on any atom is 0.243 e. The van der Waals surface area contributed by atoms with Gasteiger partial charge in [0.1, 0.15) is 5.82 Å². The zero-order chi connectivity index (χ0) is 19.7. The molecule has 0 spiro atoms. The van der Waals surface area contributed by atoms with E-state index < -0.39 is 21.8 Å². The number of hydrogen-bond acceptors (Lipinski definition) is 5. The Morgan fingerprint density at radius 3 is 2.86 bits per heavy atom. The van der Waals surface area contributed by atoms with Crippen LogP contribution in [0.3, 0.4) is 0 Å². The summed E-state index contributed by atoms with van der Waals surface area (Å²) in [6, 6.07) is 4.74. The van der Waals surface area contributed by atoms with Crippen molar-refractivity contribution in [1.29, 1.82) is 0 Å². The minimum atomic E-state index is -3.75. The normalized spacial score (nSPS) is 18.4. The van der Waals surface area contributed by atoms with E-state index in [0.29, 0.717) is 25.9 Å². The third kappa shape index (κ3) is 3.80. The van der Waals surface area contributed by atoms with Gasteiger partial charge in [0.05, 0.1) is 23.1 Å². The molecule has 1 amide bonds. The number of thiazole rings is 1. The largest absolute Gasteiger partial charge is 0.350 e. The van der Waals surface area contributed by atoms with Crippen molar-refractivity contribution in [3.8, 4) is 0 Å². The van der Waals surface area contributed by atoms with E-state index in [4.69, 9.17) is 0 Å². The topological polar surface area (TPSA) is 83.8 Å². The van der Waals surface area contributed by atoms with Crippen LogP contribution < -0.4 is 5.32 Å². The highest BCUT2D eigenvalue weighted by Gasteiger charge is 2.33. The third-order valence-corrected chi connectivity index (χ3v) is 7.44. The molecule has 1 atom stereocenters. The van der Waals surface area contributed by atoms with E-state index in [1.807, 2.05) is 22.2 Å². The van der Waals surface area contributed by atoms with Gasteiger partial charge in [-0.05, 0) is 37.1 Å². The Kier molecular flexibility index (Phi) is 5.17. The van der Waals surface area contributed by atoms with Gasteiger partial charge in [-0.2, -0.15) is 4.31 Å². The fourth-order valence-corrected chi connectivity index (χ4v) is 5.56. The number of nitrogens with zero attached hydrogens (tertiary/aromatic N) is 3. The lowest BCUT2D eigenvalue weighted by Gasteiger charge is -2.31. The van der Waals surface area contributed by atoms with E-state index in [1.54, 1.807) is 0 Å². The van der Waals surface area contributed by atoms with E-state index in [1.165, 1.54) is 27.8 Å². The number of nitrogens with one attached hydrogen (secondary N) is 1. The van der Waals surface area contributed by atoms with Crippen LogP contribution >= 0.6 is 11.3 Å². The molecule has 1 fully saturated rings. The first-order valence-corrected chi connectivity index (χ1v) is 11.2. The van der Waals surface area contributed by atoms with Crippen molar-refractivity contribution in [2.75, 3.05) is 13.1 Å². The van der Waals surface area contributed by atoms with Crippen molar-refractivity contribution < 1.29 is 17.6 Å². The second-order valence-electron chi connectivity index (χ2n) is 6.70. The van der Waals surface area contributed by atoms with Gasteiger partial charge >= 0.3 is 0 Å². The predicted molar refractivity (Wildman–Crippen MR) is 103 cm³/mol. The molecule has 1 unspecified atom stereocenters. The number of fused-ring (bicyclic) bond motifs is 1. The van der Waals surface area contributed by atoms with Crippen molar-refractivity contribution >= 4 is 32.2 Å². The lowest BCUT2D eigenvalue weighted by atomic mass is 9.99. The molecule has 3 heterocycles. The predicted octanol–water partition coefficient (Wildman–Crippen LogP) is 2.25. The maximum absolute atomic E-state index is 13.1. The molecular weight excluding hydrogens is 403 g/mol. The molecule has 7 nitrogen and oxygen atoms in total. The van der Waals surface area contributed by atoms with Crippen LogP contribution in [0.1, 0.15) is 18.5 Å². The number of benzene rings is 1. The van der Waals surface area contributed by atoms with E-state index in [0.717, 1.165) is 22.8 Å². The molecule has 0 aliphatic carbocycles. The molecule has 28 heavy (non-hydrogen) atoms. The molecule has 2 aromatic heterocycles. The summed E-state index contributed by atoms with van der Waals surface area (Å²) >= 11 is 1.51. The Morgan fingerprint density at radius 1 is 1.32 bits per heavy atom. The Labute approximate surface area is 165 Å². The molecule has 0 bridgehead atoms. The Bertz CT molecular complexity index is 1060. The number of hydrogen-bond donors (Lipinski definition) is 1. The fourth-order valence-electron chi connectivity index (χ4n) is 3.31. The van der Waals surface area contributed by atoms with Gasteiger partial charge in [-0.25, -0.2) is 17.8 Å². The number of amides is 1. The molecule has 148 valence electrons. The van der Waals surface area contributed by atoms with Crippen LogP contribution in [-0.2, 0) is 21.4 Å². The van der Waals surface area contributed by atoms with Crippen LogP contribution in [0, 0.1) is 11.7 Å². The van der Waals surface area contributed by atoms with E-state index in [2.05, 4.69) is 10.3 Å². The number of rotatable bonds is 5. The van der Waals surface area contributed by atoms with Crippen molar-refractivity contribution in [3.63, 3.8) is 0 Å². The van der Waals surface area contributed by atoms with Gasteiger partial charge in [0, 0.05) is 30.9 Å². The number of carbonyl (C=O) groups is 1. The van der Waals surface area contributed by atoms with Crippen LogP contribution in [0.5, 0.6) is 0 Å². The SMILES string of the molecule is O=C(NCc1cn2ccsc2n1)C1CCCN(S(=O)(=O)c2ccc(F)cc2)C1. The summed E-state index contributed by atoms with van der Waals surface area (Å²) in [4.78, 5) is 17.9. The van der Waals surface area contributed by atoms with Gasteiger partial charge in [-0.15, -0.1) is 11.3 Å². The summed E-state index contributed by atoms with van der Waals surface area (Å²) in [5, 5.41) is 4.79. The van der Waals surface area contributed by atoms with Crippen LogP contribution in [-0.4, -0.2) is 41.1 Å². The number of imidazole rings is 1. The monoisotopic (exact) mass is 422 g/mol. The highest BCUT2D eigenvalue weighted by molar-refractivity contribution is 7.89. The molecule has 1 aliphatic rings. The molecule has 1 saturated heterocycles. The molecule has 10 heteroatoms. The highest BCUT2D eigenvalue weighted by Crippen LogP contribution is 2.24. The number of aromatic nitrogens is 2. The van der Waals surface area contributed by atoms with E-state index in [9.17, 15) is 17.6 Å². The lowest BCUT2D eigenvalue weighted by molar-refractivity contribution is -0.126. The average molecular weight is 423 g/mol. The molecule has 0 saturated carbocycles. The third-order valence-electron chi connectivity index (χ3n) is 4.79. The number of carbonyl (C=O) groups excluding carboxylic acids is 1. The van der Waals surface area contributed by atoms with Crippen molar-refractivity contribution in [2.24, 2.45) is 5.92 Å². The van der Waals surface area contributed by atoms with Crippen LogP contribution in [0.2, 0.25) is 0 Å². The molecule has 4 rings (SSSR count). The van der Waals surface area contributed by atoms with Crippen LogP contribution in [0.25, 0.3) is 4.96 Å². The first kappa shape index (κ1) is 19.0. The van der Waals surface area contributed by atoms with Crippen molar-refractivity contribution in [1.82, 2.24) is 19.0 Å². The number of sulfonamides is 1. The molecule has 1 N–H and O–H groups in total.